The molecule has 1 fully saturated rings. The highest BCUT2D eigenvalue weighted by molar-refractivity contribution is 8.18. The Balaban J connectivity index is 1.53. The second kappa shape index (κ2) is 10.9. The number of ether oxygens (including phenoxy) is 1. The number of thioether (sulfide) groups is 1. The molecule has 1 aliphatic heterocycles. The van der Waals surface area contributed by atoms with Crippen molar-refractivity contribution in [3.8, 4) is 0 Å². The van der Waals surface area contributed by atoms with E-state index in [2.05, 4.69) is 23.6 Å². The summed E-state index contributed by atoms with van der Waals surface area (Å²) in [5, 5.41) is 2.37. The number of fused-ring (bicyclic) bond motifs is 1. The van der Waals surface area contributed by atoms with Gasteiger partial charge in [0.1, 0.15) is 0 Å². The number of amides is 1. The molecular weight excluding hydrogens is 518 g/mol. The molecule has 1 saturated heterocycles. The zero-order valence-corrected chi connectivity index (χ0v) is 22.8. The average molecular weight is 544 g/mol. The number of aromatic nitrogens is 1. The molecule has 0 spiro atoms. The van der Waals surface area contributed by atoms with Gasteiger partial charge in [0.2, 0.25) is 0 Å². The van der Waals surface area contributed by atoms with Crippen LogP contribution >= 0.6 is 23.4 Å². The van der Waals surface area contributed by atoms with E-state index in [4.69, 9.17) is 21.3 Å². The van der Waals surface area contributed by atoms with Crippen molar-refractivity contribution in [2.75, 3.05) is 13.7 Å². The van der Waals surface area contributed by atoms with Crippen LogP contribution in [0.3, 0.4) is 0 Å². The first-order chi connectivity index (χ1) is 18.4. The molecule has 0 unspecified atom stereocenters. The van der Waals surface area contributed by atoms with Crippen molar-refractivity contribution in [3.63, 3.8) is 0 Å². The molecule has 8 heteroatoms. The Kier molecular flexibility index (Phi) is 7.40. The fourth-order valence-corrected chi connectivity index (χ4v) is 5.72. The van der Waals surface area contributed by atoms with Crippen molar-refractivity contribution in [2.24, 2.45) is 4.99 Å². The zero-order valence-electron chi connectivity index (χ0n) is 21.3. The highest BCUT2D eigenvalue weighted by atomic mass is 35.5. The van der Waals surface area contributed by atoms with Gasteiger partial charge in [-0.15, -0.1) is 0 Å². The number of methoxy groups -OCH3 is 1. The van der Waals surface area contributed by atoms with Crippen LogP contribution in [0.2, 0.25) is 5.02 Å². The fraction of sp³-hybridized carbons (Fsp3) is 0.167. The molecule has 0 N–H and O–H groups in total. The monoisotopic (exact) mass is 543 g/mol. The number of amidine groups is 1. The summed E-state index contributed by atoms with van der Waals surface area (Å²) in [4.78, 5) is 32.3. The van der Waals surface area contributed by atoms with Gasteiger partial charge in [-0.3, -0.25) is 9.69 Å². The molecule has 1 amide bonds. The van der Waals surface area contributed by atoms with Crippen LogP contribution in [0.4, 0.5) is 5.69 Å². The lowest BCUT2D eigenvalue weighted by atomic mass is 10.1. The maximum atomic E-state index is 13.4. The Morgan fingerprint density at radius 2 is 1.84 bits per heavy atom. The minimum Gasteiger partial charge on any atom is -0.465 e. The lowest BCUT2D eigenvalue weighted by molar-refractivity contribution is -0.122. The van der Waals surface area contributed by atoms with Crippen LogP contribution in [-0.4, -0.2) is 40.2 Å². The van der Waals surface area contributed by atoms with E-state index in [0.717, 1.165) is 27.7 Å². The Labute approximate surface area is 230 Å². The number of para-hydroxylation sites is 1. The Hall–Kier alpha value is -3.81. The predicted octanol–water partition coefficient (Wildman–Crippen LogP) is 7.06. The van der Waals surface area contributed by atoms with Crippen LogP contribution in [0.1, 0.15) is 34.1 Å². The molecule has 0 aliphatic carbocycles. The molecular formula is C30H26ClN3O3S. The van der Waals surface area contributed by atoms with E-state index in [0.29, 0.717) is 39.4 Å². The summed E-state index contributed by atoms with van der Waals surface area (Å²) in [6, 6.07) is 23.0. The normalized spacial score (nSPS) is 15.7. The number of nitrogens with zero attached hydrogens (tertiary/aromatic N) is 3. The van der Waals surface area contributed by atoms with E-state index in [9.17, 15) is 9.59 Å². The molecule has 1 aromatic heterocycles. The number of benzene rings is 3. The van der Waals surface area contributed by atoms with Crippen molar-refractivity contribution in [1.82, 2.24) is 9.47 Å². The van der Waals surface area contributed by atoms with Gasteiger partial charge in [-0.25, -0.2) is 9.79 Å². The maximum absolute atomic E-state index is 13.4. The van der Waals surface area contributed by atoms with Gasteiger partial charge in [0.25, 0.3) is 5.91 Å². The third kappa shape index (κ3) is 4.99. The molecule has 38 heavy (non-hydrogen) atoms. The number of esters is 1. The quantitative estimate of drug-likeness (QED) is 0.193. The number of hydrogen-bond acceptors (Lipinski definition) is 5. The van der Waals surface area contributed by atoms with Gasteiger partial charge >= 0.3 is 5.97 Å². The molecule has 1 aliphatic rings. The summed E-state index contributed by atoms with van der Waals surface area (Å²) in [6.45, 7) is 5.18. The predicted molar refractivity (Wildman–Crippen MR) is 155 cm³/mol. The largest absolute Gasteiger partial charge is 0.465 e. The van der Waals surface area contributed by atoms with Gasteiger partial charge in [-0.05, 0) is 73.6 Å². The SMILES string of the molecule is CCN1C(=O)C(=Cc2c(C)n(Cc3ccc(Cl)cc3)c3ccccc23)SC1=Nc1cccc(C(=O)OC)c1. The Morgan fingerprint density at radius 1 is 1.08 bits per heavy atom. The van der Waals surface area contributed by atoms with Gasteiger partial charge in [-0.1, -0.05) is 48.0 Å². The second-order valence-corrected chi connectivity index (χ2v) is 10.3. The van der Waals surface area contributed by atoms with Crippen molar-refractivity contribution >= 4 is 63.1 Å². The number of halogens is 1. The average Bonchev–Trinajstić information content (AvgIpc) is 3.37. The minimum absolute atomic E-state index is 0.0886. The number of hydrogen-bond donors (Lipinski definition) is 0. The van der Waals surface area contributed by atoms with E-state index < -0.39 is 5.97 Å². The molecule has 3 aromatic carbocycles. The summed E-state index contributed by atoms with van der Waals surface area (Å²) in [6.07, 6.45) is 1.97. The summed E-state index contributed by atoms with van der Waals surface area (Å²) >= 11 is 7.43. The first-order valence-electron chi connectivity index (χ1n) is 12.2. The van der Waals surface area contributed by atoms with Crippen molar-refractivity contribution in [1.29, 1.82) is 0 Å². The Bertz CT molecular complexity index is 1610. The van der Waals surface area contributed by atoms with Crippen LogP contribution < -0.4 is 0 Å². The molecule has 192 valence electrons. The van der Waals surface area contributed by atoms with E-state index in [1.807, 2.05) is 49.4 Å². The standard InChI is InChI=1S/C30H26ClN3O3S/c1-4-33-28(35)27(38-30(33)32-23-9-7-8-21(16-23)29(36)37-3)17-25-19(2)34(26-11-6-5-10-24(25)26)18-20-12-14-22(31)15-13-20/h5-17H,4,18H2,1-3H3. The fourth-order valence-electron chi connectivity index (χ4n) is 4.55. The Morgan fingerprint density at radius 3 is 2.58 bits per heavy atom. The highest BCUT2D eigenvalue weighted by Crippen LogP contribution is 2.37. The van der Waals surface area contributed by atoms with Crippen LogP contribution in [0.25, 0.3) is 17.0 Å². The molecule has 0 radical (unpaired) electrons. The smallest absolute Gasteiger partial charge is 0.337 e. The third-order valence-corrected chi connectivity index (χ3v) is 7.76. The van der Waals surface area contributed by atoms with Crippen molar-refractivity contribution < 1.29 is 14.3 Å². The van der Waals surface area contributed by atoms with Crippen molar-refractivity contribution in [2.45, 2.75) is 20.4 Å². The first-order valence-corrected chi connectivity index (χ1v) is 13.4. The molecule has 5 rings (SSSR count). The van der Waals surface area contributed by atoms with Gasteiger partial charge in [0, 0.05) is 40.3 Å². The van der Waals surface area contributed by atoms with E-state index >= 15 is 0 Å². The second-order valence-electron chi connectivity index (χ2n) is 8.83. The first kappa shape index (κ1) is 25.8. The minimum atomic E-state index is -0.430. The van der Waals surface area contributed by atoms with Gasteiger partial charge < -0.3 is 9.30 Å². The summed E-state index contributed by atoms with van der Waals surface area (Å²) < 4.78 is 7.08. The highest BCUT2D eigenvalue weighted by Gasteiger charge is 2.33. The van der Waals surface area contributed by atoms with E-state index in [1.54, 1.807) is 29.2 Å². The van der Waals surface area contributed by atoms with Crippen LogP contribution in [0, 0.1) is 6.92 Å². The molecule has 2 heterocycles. The number of carbonyl (C=O) groups is 2. The summed E-state index contributed by atoms with van der Waals surface area (Å²) in [5.74, 6) is -0.519. The number of likely N-dealkylation sites (N-methyl/N-ethyl adjacent to an activating group) is 1. The van der Waals surface area contributed by atoms with Gasteiger partial charge in [0.05, 0.1) is 23.3 Å². The zero-order chi connectivity index (χ0) is 26.8. The maximum Gasteiger partial charge on any atom is 0.337 e. The van der Waals surface area contributed by atoms with E-state index in [1.165, 1.54) is 18.9 Å². The summed E-state index contributed by atoms with van der Waals surface area (Å²) in [7, 11) is 1.34. The van der Waals surface area contributed by atoms with Crippen LogP contribution in [-0.2, 0) is 16.1 Å². The number of aliphatic imine (C=N–C) groups is 1. The molecule has 0 atom stereocenters. The summed E-state index contributed by atoms with van der Waals surface area (Å²) in [5.41, 5.74) is 5.31. The van der Waals surface area contributed by atoms with Gasteiger partial charge in [0.15, 0.2) is 5.17 Å². The topological polar surface area (TPSA) is 63.9 Å². The number of carbonyl (C=O) groups excluding carboxylic acids is 2. The molecule has 0 bridgehead atoms. The van der Waals surface area contributed by atoms with Crippen molar-refractivity contribution in [3.05, 3.63) is 105 Å². The number of rotatable bonds is 6. The molecule has 0 saturated carbocycles. The third-order valence-electron chi connectivity index (χ3n) is 6.51. The van der Waals surface area contributed by atoms with Gasteiger partial charge in [-0.2, -0.15) is 0 Å². The molecule has 6 nitrogen and oxygen atoms in total. The van der Waals surface area contributed by atoms with Crippen LogP contribution in [0.5, 0.6) is 0 Å². The lowest BCUT2D eigenvalue weighted by Gasteiger charge is -2.12. The molecule has 4 aromatic rings. The lowest BCUT2D eigenvalue weighted by Crippen LogP contribution is -2.28. The van der Waals surface area contributed by atoms with E-state index in [-0.39, 0.29) is 5.91 Å². The van der Waals surface area contributed by atoms with Crippen LogP contribution in [0.15, 0.2) is 82.7 Å².